The van der Waals surface area contributed by atoms with Gasteiger partial charge in [-0.1, -0.05) is 18.2 Å². The van der Waals surface area contributed by atoms with Crippen LogP contribution in [0.3, 0.4) is 0 Å². The number of nitrogens with zero attached hydrogens (tertiary/aromatic N) is 5. The second kappa shape index (κ2) is 6.30. The lowest BCUT2D eigenvalue weighted by molar-refractivity contribution is 0.244. The molecule has 5 heteroatoms. The van der Waals surface area contributed by atoms with Crippen LogP contribution in [0.2, 0.25) is 0 Å². The van der Waals surface area contributed by atoms with E-state index in [1.54, 1.807) is 17.3 Å². The number of benzene rings is 1. The van der Waals surface area contributed by atoms with E-state index in [0.29, 0.717) is 6.04 Å². The third kappa shape index (κ3) is 3.00. The van der Waals surface area contributed by atoms with Crippen molar-refractivity contribution in [1.29, 1.82) is 0 Å². The lowest BCUT2D eigenvalue weighted by atomic mass is 10.1. The van der Waals surface area contributed by atoms with Gasteiger partial charge in [0, 0.05) is 12.7 Å². The Bertz CT molecular complexity index is 737. The fraction of sp³-hybridized carbons (Fsp3) is 0.278. The molecule has 0 saturated carbocycles. The van der Waals surface area contributed by atoms with E-state index in [4.69, 9.17) is 0 Å². The predicted octanol–water partition coefficient (Wildman–Crippen LogP) is 3.00. The highest BCUT2D eigenvalue weighted by molar-refractivity contribution is 5.33. The van der Waals surface area contributed by atoms with Gasteiger partial charge in [0.1, 0.15) is 12.7 Å². The lowest BCUT2D eigenvalue weighted by Crippen LogP contribution is -2.23. The minimum Gasteiger partial charge on any atom is -0.291 e. The quantitative estimate of drug-likeness (QED) is 0.743. The van der Waals surface area contributed by atoms with Gasteiger partial charge in [0.05, 0.1) is 17.4 Å². The third-order valence-corrected chi connectivity index (χ3v) is 4.40. The van der Waals surface area contributed by atoms with Crippen LogP contribution in [0.25, 0.3) is 5.69 Å². The number of hydrogen-bond donors (Lipinski definition) is 0. The van der Waals surface area contributed by atoms with Crippen LogP contribution >= 0.6 is 0 Å². The zero-order valence-electron chi connectivity index (χ0n) is 12.9. The largest absolute Gasteiger partial charge is 0.291 e. The molecule has 3 aromatic rings. The standard InChI is InChI=1S/C18H19N5/c1-2-10-20-17(4-1)18-5-3-11-22(18)12-15-6-8-16(9-7-15)23-14-19-13-21-23/h1-2,4,6-10,13-14,18H,3,5,11-12H2/t18-/m0/s1. The van der Waals surface area contributed by atoms with Gasteiger partial charge in [0.2, 0.25) is 0 Å². The summed E-state index contributed by atoms with van der Waals surface area (Å²) in [6.45, 7) is 2.09. The monoisotopic (exact) mass is 305 g/mol. The van der Waals surface area contributed by atoms with Crippen LogP contribution in [0.4, 0.5) is 0 Å². The van der Waals surface area contributed by atoms with Gasteiger partial charge in [-0.15, -0.1) is 0 Å². The molecule has 0 N–H and O–H groups in total. The normalized spacial score (nSPS) is 18.3. The Morgan fingerprint density at radius 3 is 2.74 bits per heavy atom. The smallest absolute Gasteiger partial charge is 0.138 e. The molecule has 4 rings (SSSR count). The molecule has 2 aromatic heterocycles. The second-order valence-electron chi connectivity index (χ2n) is 5.89. The van der Waals surface area contributed by atoms with Crippen molar-refractivity contribution >= 4 is 0 Å². The maximum atomic E-state index is 4.54. The topological polar surface area (TPSA) is 46.8 Å². The molecular formula is C18H19N5. The summed E-state index contributed by atoms with van der Waals surface area (Å²) in [6, 6.07) is 15.2. The molecule has 0 bridgehead atoms. The predicted molar refractivity (Wildman–Crippen MR) is 88.0 cm³/mol. The highest BCUT2D eigenvalue weighted by Crippen LogP contribution is 2.31. The molecule has 1 atom stereocenters. The number of aromatic nitrogens is 4. The lowest BCUT2D eigenvalue weighted by Gasteiger charge is -2.24. The van der Waals surface area contributed by atoms with Crippen LogP contribution in [0.5, 0.6) is 0 Å². The van der Waals surface area contributed by atoms with Crippen molar-refractivity contribution < 1.29 is 0 Å². The molecular weight excluding hydrogens is 286 g/mol. The summed E-state index contributed by atoms with van der Waals surface area (Å²) in [5, 5.41) is 4.16. The van der Waals surface area contributed by atoms with E-state index in [-0.39, 0.29) is 0 Å². The molecule has 3 heterocycles. The average Bonchev–Trinajstić information content (AvgIpc) is 3.28. The van der Waals surface area contributed by atoms with Crippen LogP contribution in [0.1, 0.15) is 30.1 Å². The maximum Gasteiger partial charge on any atom is 0.138 e. The van der Waals surface area contributed by atoms with Crippen molar-refractivity contribution in [2.75, 3.05) is 6.54 Å². The van der Waals surface area contributed by atoms with Gasteiger partial charge < -0.3 is 0 Å². The maximum absolute atomic E-state index is 4.54. The van der Waals surface area contributed by atoms with E-state index in [1.807, 2.05) is 12.3 Å². The summed E-state index contributed by atoms with van der Waals surface area (Å²) in [5.41, 5.74) is 3.54. The zero-order valence-corrected chi connectivity index (χ0v) is 12.9. The van der Waals surface area contributed by atoms with Crippen molar-refractivity contribution in [3.63, 3.8) is 0 Å². The van der Waals surface area contributed by atoms with Crippen LogP contribution in [0.15, 0.2) is 61.3 Å². The first-order valence-corrected chi connectivity index (χ1v) is 7.99. The summed E-state index contributed by atoms with van der Waals surface area (Å²) < 4.78 is 1.77. The van der Waals surface area contributed by atoms with E-state index in [0.717, 1.165) is 18.8 Å². The first-order valence-electron chi connectivity index (χ1n) is 7.99. The van der Waals surface area contributed by atoms with Crippen molar-refractivity contribution in [1.82, 2.24) is 24.6 Å². The highest BCUT2D eigenvalue weighted by Gasteiger charge is 2.26. The molecule has 1 saturated heterocycles. The van der Waals surface area contributed by atoms with Crippen LogP contribution in [-0.4, -0.2) is 31.2 Å². The van der Waals surface area contributed by atoms with Crippen molar-refractivity contribution in [2.24, 2.45) is 0 Å². The van der Waals surface area contributed by atoms with E-state index < -0.39 is 0 Å². The molecule has 0 radical (unpaired) electrons. The Balaban J connectivity index is 1.49. The molecule has 116 valence electrons. The summed E-state index contributed by atoms with van der Waals surface area (Å²) in [6.07, 6.45) is 7.58. The Morgan fingerprint density at radius 1 is 1.09 bits per heavy atom. The second-order valence-corrected chi connectivity index (χ2v) is 5.89. The van der Waals surface area contributed by atoms with Crippen LogP contribution < -0.4 is 0 Å². The van der Waals surface area contributed by atoms with Gasteiger partial charge in [0.25, 0.3) is 0 Å². The van der Waals surface area contributed by atoms with Crippen molar-refractivity contribution in [3.8, 4) is 5.69 Å². The van der Waals surface area contributed by atoms with Crippen LogP contribution in [0, 0.1) is 0 Å². The van der Waals surface area contributed by atoms with Gasteiger partial charge in [0.15, 0.2) is 0 Å². The highest BCUT2D eigenvalue weighted by atomic mass is 15.3. The van der Waals surface area contributed by atoms with Crippen molar-refractivity contribution in [3.05, 3.63) is 72.6 Å². The molecule has 5 nitrogen and oxygen atoms in total. The number of hydrogen-bond acceptors (Lipinski definition) is 4. The molecule has 0 unspecified atom stereocenters. The SMILES string of the molecule is c1ccc([C@@H]2CCCN2Cc2ccc(-n3cncn3)cc2)nc1. The summed E-state index contributed by atoms with van der Waals surface area (Å²) in [4.78, 5) is 11.0. The van der Waals surface area contributed by atoms with Gasteiger partial charge in [-0.3, -0.25) is 9.88 Å². The Hall–Kier alpha value is -2.53. The molecule has 1 aliphatic heterocycles. The van der Waals surface area contributed by atoms with Gasteiger partial charge in [-0.05, 0) is 49.2 Å². The van der Waals surface area contributed by atoms with E-state index >= 15 is 0 Å². The molecule has 23 heavy (non-hydrogen) atoms. The van der Waals surface area contributed by atoms with Crippen LogP contribution in [-0.2, 0) is 6.54 Å². The fourth-order valence-electron chi connectivity index (χ4n) is 3.25. The molecule has 1 fully saturated rings. The molecule has 1 aromatic carbocycles. The van der Waals surface area contributed by atoms with Gasteiger partial charge >= 0.3 is 0 Å². The summed E-state index contributed by atoms with van der Waals surface area (Å²) in [7, 11) is 0. The molecule has 1 aliphatic rings. The van der Waals surface area contributed by atoms with Crippen molar-refractivity contribution in [2.45, 2.75) is 25.4 Å². The van der Waals surface area contributed by atoms with Gasteiger partial charge in [-0.2, -0.15) is 5.10 Å². The number of rotatable bonds is 4. The molecule has 0 amide bonds. The van der Waals surface area contributed by atoms with E-state index in [2.05, 4.69) is 56.4 Å². The average molecular weight is 305 g/mol. The minimum absolute atomic E-state index is 0.436. The minimum atomic E-state index is 0.436. The van der Waals surface area contributed by atoms with E-state index in [9.17, 15) is 0 Å². The molecule has 0 aliphatic carbocycles. The Labute approximate surface area is 135 Å². The summed E-state index contributed by atoms with van der Waals surface area (Å²) >= 11 is 0. The first-order chi connectivity index (χ1) is 11.4. The Kier molecular flexibility index (Phi) is 3.86. The first kappa shape index (κ1) is 14.1. The number of pyridine rings is 1. The molecule has 0 spiro atoms. The zero-order chi connectivity index (χ0) is 15.5. The van der Waals surface area contributed by atoms with Gasteiger partial charge in [-0.25, -0.2) is 9.67 Å². The Morgan fingerprint density at radius 2 is 2.00 bits per heavy atom. The number of likely N-dealkylation sites (tertiary alicyclic amines) is 1. The van der Waals surface area contributed by atoms with E-state index in [1.165, 1.54) is 24.1 Å². The third-order valence-electron chi connectivity index (χ3n) is 4.40. The fourth-order valence-corrected chi connectivity index (χ4v) is 3.25. The summed E-state index contributed by atoms with van der Waals surface area (Å²) in [5.74, 6) is 0.